The van der Waals surface area contributed by atoms with Gasteiger partial charge in [-0.05, 0) is 52.3 Å². The number of benzene rings is 1. The largest absolute Gasteiger partial charge is 0.292 e. The molecule has 0 heterocycles. The van der Waals surface area contributed by atoms with Crippen LogP contribution in [0.25, 0.3) is 0 Å². The molecule has 0 saturated heterocycles. The summed E-state index contributed by atoms with van der Waals surface area (Å²) in [7, 11) is 0. The van der Waals surface area contributed by atoms with Crippen LogP contribution in [0.4, 0.5) is 0 Å². The van der Waals surface area contributed by atoms with Crippen molar-refractivity contribution in [1.82, 2.24) is 4.90 Å². The first-order valence-corrected chi connectivity index (χ1v) is 7.29. The number of aryl methyl sites for hydroxylation is 2. The topological polar surface area (TPSA) is 20.3 Å². The van der Waals surface area contributed by atoms with Crippen molar-refractivity contribution in [3.63, 3.8) is 0 Å². The van der Waals surface area contributed by atoms with Crippen LogP contribution in [0.1, 0.15) is 55.6 Å². The second kappa shape index (κ2) is 6.85. The summed E-state index contributed by atoms with van der Waals surface area (Å²) in [5.41, 5.74) is 3.09. The number of Topliss-reactive ketones (excluding diaryl/α,β-unsaturated/α-hetero) is 1. The van der Waals surface area contributed by atoms with Crippen LogP contribution in [0.5, 0.6) is 0 Å². The normalized spacial score (nSPS) is 14.5. The standard InChI is InChI=1S/C17H27NO/c1-7-14(5)18(8-2)15(6)17(19)16-11-12(3)9-10-13(16)4/h9-11,14-15H,7-8H2,1-6H3. The van der Waals surface area contributed by atoms with Crippen LogP contribution in [0, 0.1) is 13.8 Å². The maximum atomic E-state index is 12.7. The molecule has 0 aliphatic rings. The number of carbonyl (C=O) groups excluding carboxylic acids is 1. The Kier molecular flexibility index (Phi) is 5.74. The van der Waals surface area contributed by atoms with Crippen molar-refractivity contribution in [3.05, 3.63) is 34.9 Å². The zero-order chi connectivity index (χ0) is 14.6. The molecule has 1 rings (SSSR count). The number of nitrogens with zero attached hydrogens (tertiary/aromatic N) is 1. The Balaban J connectivity index is 3.01. The van der Waals surface area contributed by atoms with E-state index in [4.69, 9.17) is 0 Å². The number of rotatable bonds is 6. The van der Waals surface area contributed by atoms with E-state index in [1.54, 1.807) is 0 Å². The zero-order valence-corrected chi connectivity index (χ0v) is 13.2. The number of hydrogen-bond acceptors (Lipinski definition) is 2. The van der Waals surface area contributed by atoms with Gasteiger partial charge in [-0.1, -0.05) is 31.5 Å². The van der Waals surface area contributed by atoms with Crippen molar-refractivity contribution in [2.75, 3.05) is 6.54 Å². The first-order valence-electron chi connectivity index (χ1n) is 7.29. The Hall–Kier alpha value is -1.15. The van der Waals surface area contributed by atoms with Gasteiger partial charge in [0.25, 0.3) is 0 Å². The summed E-state index contributed by atoms with van der Waals surface area (Å²) in [6.45, 7) is 13.5. The van der Waals surface area contributed by atoms with Gasteiger partial charge in [0.05, 0.1) is 6.04 Å². The minimum absolute atomic E-state index is 0.0551. The Morgan fingerprint density at radius 2 is 1.84 bits per heavy atom. The van der Waals surface area contributed by atoms with Crippen LogP contribution in [-0.2, 0) is 0 Å². The summed E-state index contributed by atoms with van der Waals surface area (Å²) in [4.78, 5) is 15.0. The average molecular weight is 261 g/mol. The molecule has 0 spiro atoms. The lowest BCUT2D eigenvalue weighted by atomic mass is 9.96. The molecule has 0 amide bonds. The summed E-state index contributed by atoms with van der Waals surface area (Å²) in [5, 5.41) is 0. The van der Waals surface area contributed by atoms with E-state index in [1.807, 2.05) is 32.9 Å². The molecule has 1 aromatic rings. The fourth-order valence-electron chi connectivity index (χ4n) is 2.58. The van der Waals surface area contributed by atoms with Crippen LogP contribution in [0.2, 0.25) is 0 Å². The second-order valence-electron chi connectivity index (χ2n) is 5.45. The van der Waals surface area contributed by atoms with Crippen molar-refractivity contribution in [2.24, 2.45) is 0 Å². The highest BCUT2D eigenvalue weighted by Gasteiger charge is 2.25. The van der Waals surface area contributed by atoms with Crippen LogP contribution >= 0.6 is 0 Å². The predicted octanol–water partition coefficient (Wildman–Crippen LogP) is 4.00. The van der Waals surface area contributed by atoms with Crippen LogP contribution < -0.4 is 0 Å². The van der Waals surface area contributed by atoms with E-state index in [0.717, 1.165) is 29.7 Å². The number of likely N-dealkylation sites (N-methyl/N-ethyl adjacent to an activating group) is 1. The third-order valence-electron chi connectivity index (χ3n) is 4.06. The molecule has 0 aromatic heterocycles. The lowest BCUT2D eigenvalue weighted by Crippen LogP contribution is -2.44. The fourth-order valence-corrected chi connectivity index (χ4v) is 2.58. The lowest BCUT2D eigenvalue weighted by Gasteiger charge is -2.32. The van der Waals surface area contributed by atoms with Crippen LogP contribution in [0.15, 0.2) is 18.2 Å². The molecule has 0 bridgehead atoms. The summed E-state index contributed by atoms with van der Waals surface area (Å²) >= 11 is 0. The van der Waals surface area contributed by atoms with Gasteiger partial charge >= 0.3 is 0 Å². The molecule has 0 N–H and O–H groups in total. The first kappa shape index (κ1) is 15.9. The quantitative estimate of drug-likeness (QED) is 0.722. The molecule has 2 nitrogen and oxygen atoms in total. The summed E-state index contributed by atoms with van der Waals surface area (Å²) in [6, 6.07) is 6.49. The van der Waals surface area contributed by atoms with E-state index in [9.17, 15) is 4.79 Å². The highest BCUT2D eigenvalue weighted by Crippen LogP contribution is 2.17. The molecule has 1 aromatic carbocycles. The van der Waals surface area contributed by atoms with Gasteiger partial charge in [0, 0.05) is 11.6 Å². The molecule has 2 heteroatoms. The third kappa shape index (κ3) is 3.66. The maximum Gasteiger partial charge on any atom is 0.179 e. The third-order valence-corrected chi connectivity index (χ3v) is 4.06. The SMILES string of the molecule is CCC(C)N(CC)C(C)C(=O)c1cc(C)ccc1C. The molecule has 0 saturated carbocycles. The lowest BCUT2D eigenvalue weighted by molar-refractivity contribution is 0.0781. The molecule has 0 radical (unpaired) electrons. The highest BCUT2D eigenvalue weighted by molar-refractivity contribution is 6.01. The van der Waals surface area contributed by atoms with Gasteiger partial charge in [-0.2, -0.15) is 0 Å². The fraction of sp³-hybridized carbons (Fsp3) is 0.588. The summed E-state index contributed by atoms with van der Waals surface area (Å²) in [5.74, 6) is 0.239. The monoisotopic (exact) mass is 261 g/mol. The van der Waals surface area contributed by atoms with Gasteiger partial charge in [0.15, 0.2) is 5.78 Å². The molecule has 19 heavy (non-hydrogen) atoms. The van der Waals surface area contributed by atoms with E-state index >= 15 is 0 Å². The number of ketones is 1. The molecule has 0 aliphatic heterocycles. The summed E-state index contributed by atoms with van der Waals surface area (Å²) < 4.78 is 0. The van der Waals surface area contributed by atoms with Gasteiger partial charge < -0.3 is 0 Å². The van der Waals surface area contributed by atoms with E-state index in [0.29, 0.717) is 6.04 Å². The van der Waals surface area contributed by atoms with Gasteiger partial charge in [0.1, 0.15) is 0 Å². The molecular formula is C17H27NO. The Bertz CT molecular complexity index is 439. The van der Waals surface area contributed by atoms with Crippen LogP contribution in [-0.4, -0.2) is 29.3 Å². The summed E-state index contributed by atoms with van der Waals surface area (Å²) in [6.07, 6.45) is 1.07. The molecule has 2 unspecified atom stereocenters. The number of carbonyl (C=O) groups is 1. The minimum Gasteiger partial charge on any atom is -0.292 e. The van der Waals surface area contributed by atoms with Crippen molar-refractivity contribution < 1.29 is 4.79 Å². The molecule has 0 fully saturated rings. The first-order chi connectivity index (χ1) is 8.92. The van der Waals surface area contributed by atoms with Crippen molar-refractivity contribution in [2.45, 2.75) is 60.0 Å². The van der Waals surface area contributed by atoms with Crippen LogP contribution in [0.3, 0.4) is 0 Å². The predicted molar refractivity (Wildman–Crippen MR) is 81.8 cm³/mol. The Labute approximate surface area is 117 Å². The minimum atomic E-state index is -0.0551. The molecule has 106 valence electrons. The van der Waals surface area contributed by atoms with Gasteiger partial charge in [0.2, 0.25) is 0 Å². The van der Waals surface area contributed by atoms with E-state index in [1.165, 1.54) is 0 Å². The van der Waals surface area contributed by atoms with Gasteiger partial charge in [-0.15, -0.1) is 0 Å². The van der Waals surface area contributed by atoms with Crippen molar-refractivity contribution in [3.8, 4) is 0 Å². The smallest absolute Gasteiger partial charge is 0.179 e. The Morgan fingerprint density at radius 1 is 1.21 bits per heavy atom. The van der Waals surface area contributed by atoms with Gasteiger partial charge in [-0.3, -0.25) is 9.69 Å². The maximum absolute atomic E-state index is 12.7. The average Bonchev–Trinajstić information content (AvgIpc) is 2.41. The van der Waals surface area contributed by atoms with E-state index < -0.39 is 0 Å². The van der Waals surface area contributed by atoms with Crippen molar-refractivity contribution in [1.29, 1.82) is 0 Å². The van der Waals surface area contributed by atoms with Gasteiger partial charge in [-0.25, -0.2) is 0 Å². The van der Waals surface area contributed by atoms with E-state index in [2.05, 4.69) is 31.7 Å². The molecule has 0 aliphatic carbocycles. The van der Waals surface area contributed by atoms with E-state index in [-0.39, 0.29) is 11.8 Å². The molecule has 2 atom stereocenters. The second-order valence-corrected chi connectivity index (χ2v) is 5.45. The number of hydrogen-bond donors (Lipinski definition) is 0. The highest BCUT2D eigenvalue weighted by atomic mass is 16.1. The zero-order valence-electron chi connectivity index (χ0n) is 13.2. The Morgan fingerprint density at radius 3 is 2.37 bits per heavy atom. The van der Waals surface area contributed by atoms with Crippen molar-refractivity contribution >= 4 is 5.78 Å². The molecular weight excluding hydrogens is 234 g/mol.